The number of Topliss-reactive ketones (excluding diaryl/α,β-unsaturated/α-hetero) is 1. The highest BCUT2D eigenvalue weighted by atomic mass is 19.1. The third-order valence-electron chi connectivity index (χ3n) is 4.86. The van der Waals surface area contributed by atoms with Crippen LogP contribution < -0.4 is 10.6 Å². The lowest BCUT2D eigenvalue weighted by molar-refractivity contribution is 0.0900. The Morgan fingerprint density at radius 3 is 2.48 bits per heavy atom. The SMILES string of the molecule is Nc1c(N2CCC(C(=O)c3ccc(F)cc3)CC2)ncnc1-n1cccn1. The van der Waals surface area contributed by atoms with E-state index in [1.807, 2.05) is 0 Å². The van der Waals surface area contributed by atoms with E-state index in [1.54, 1.807) is 35.3 Å². The van der Waals surface area contributed by atoms with Crippen molar-refractivity contribution in [3.8, 4) is 5.82 Å². The normalized spacial score (nSPS) is 15.1. The van der Waals surface area contributed by atoms with Gasteiger partial charge in [-0.25, -0.2) is 19.0 Å². The molecular weight excluding hydrogens is 347 g/mol. The largest absolute Gasteiger partial charge is 0.393 e. The zero-order valence-electron chi connectivity index (χ0n) is 14.6. The van der Waals surface area contributed by atoms with Gasteiger partial charge in [-0.05, 0) is 43.2 Å². The molecule has 3 heterocycles. The molecule has 1 fully saturated rings. The van der Waals surface area contributed by atoms with Crippen LogP contribution in [0.25, 0.3) is 5.82 Å². The van der Waals surface area contributed by atoms with Gasteiger partial charge in [0.2, 0.25) is 0 Å². The maximum atomic E-state index is 13.1. The number of nitrogen functional groups attached to an aromatic ring is 1. The Morgan fingerprint density at radius 1 is 1.11 bits per heavy atom. The van der Waals surface area contributed by atoms with E-state index < -0.39 is 0 Å². The molecule has 7 nitrogen and oxygen atoms in total. The fourth-order valence-corrected chi connectivity index (χ4v) is 3.41. The van der Waals surface area contributed by atoms with Crippen LogP contribution in [0, 0.1) is 11.7 Å². The topological polar surface area (TPSA) is 89.9 Å². The number of ketones is 1. The Kier molecular flexibility index (Phi) is 4.53. The zero-order valence-corrected chi connectivity index (χ0v) is 14.6. The summed E-state index contributed by atoms with van der Waals surface area (Å²) in [5, 5.41) is 4.17. The molecule has 138 valence electrons. The van der Waals surface area contributed by atoms with Gasteiger partial charge in [-0.1, -0.05) is 0 Å². The molecule has 0 spiro atoms. The number of hydrogen-bond donors (Lipinski definition) is 1. The van der Waals surface area contributed by atoms with Gasteiger partial charge in [-0.2, -0.15) is 5.10 Å². The molecule has 1 saturated heterocycles. The monoisotopic (exact) mass is 366 g/mol. The number of hydrogen-bond acceptors (Lipinski definition) is 6. The highest BCUT2D eigenvalue weighted by Gasteiger charge is 2.28. The number of piperidine rings is 1. The maximum Gasteiger partial charge on any atom is 0.181 e. The van der Waals surface area contributed by atoms with Crippen LogP contribution >= 0.6 is 0 Å². The van der Waals surface area contributed by atoms with Gasteiger partial charge in [0.15, 0.2) is 17.4 Å². The molecule has 1 aromatic carbocycles. The van der Waals surface area contributed by atoms with Gasteiger partial charge in [0.25, 0.3) is 0 Å². The van der Waals surface area contributed by atoms with Crippen LogP contribution in [0.4, 0.5) is 15.9 Å². The summed E-state index contributed by atoms with van der Waals surface area (Å²) in [7, 11) is 0. The van der Waals surface area contributed by atoms with Crippen molar-refractivity contribution in [2.45, 2.75) is 12.8 Å². The van der Waals surface area contributed by atoms with Crippen molar-refractivity contribution in [1.82, 2.24) is 19.7 Å². The number of anilines is 2. The summed E-state index contributed by atoms with van der Waals surface area (Å²) in [6, 6.07) is 7.53. The van der Waals surface area contributed by atoms with Crippen LogP contribution in [0.5, 0.6) is 0 Å². The highest BCUT2D eigenvalue weighted by Crippen LogP contribution is 2.30. The Bertz CT molecular complexity index is 933. The van der Waals surface area contributed by atoms with Gasteiger partial charge in [0.05, 0.1) is 0 Å². The quantitative estimate of drug-likeness (QED) is 0.714. The van der Waals surface area contributed by atoms with Crippen LogP contribution in [0.3, 0.4) is 0 Å². The number of aromatic nitrogens is 4. The van der Waals surface area contributed by atoms with Crippen LogP contribution in [0.15, 0.2) is 49.1 Å². The summed E-state index contributed by atoms with van der Waals surface area (Å²) in [5.41, 5.74) is 7.29. The summed E-state index contributed by atoms with van der Waals surface area (Å²) in [4.78, 5) is 23.2. The fourth-order valence-electron chi connectivity index (χ4n) is 3.41. The van der Waals surface area contributed by atoms with Crippen molar-refractivity contribution in [1.29, 1.82) is 0 Å². The van der Waals surface area contributed by atoms with E-state index in [1.165, 1.54) is 18.5 Å². The molecule has 0 bridgehead atoms. The van der Waals surface area contributed by atoms with E-state index in [0.29, 0.717) is 48.8 Å². The summed E-state index contributed by atoms with van der Waals surface area (Å²) in [5.74, 6) is 0.828. The molecule has 0 radical (unpaired) electrons. The molecule has 0 saturated carbocycles. The number of carbonyl (C=O) groups is 1. The van der Waals surface area contributed by atoms with Crippen LogP contribution in [0.2, 0.25) is 0 Å². The maximum absolute atomic E-state index is 13.1. The van der Waals surface area contributed by atoms with Crippen LogP contribution in [0.1, 0.15) is 23.2 Å². The molecule has 0 atom stereocenters. The van der Waals surface area contributed by atoms with Gasteiger partial charge in [-0.3, -0.25) is 4.79 Å². The summed E-state index contributed by atoms with van der Waals surface area (Å²) in [6.45, 7) is 1.33. The summed E-state index contributed by atoms with van der Waals surface area (Å²) >= 11 is 0. The second-order valence-electron chi connectivity index (χ2n) is 6.52. The van der Waals surface area contributed by atoms with Crippen molar-refractivity contribution in [3.05, 3.63) is 60.4 Å². The van der Waals surface area contributed by atoms with Crippen molar-refractivity contribution in [3.63, 3.8) is 0 Å². The second-order valence-corrected chi connectivity index (χ2v) is 6.52. The Morgan fingerprint density at radius 2 is 1.81 bits per heavy atom. The second kappa shape index (κ2) is 7.14. The number of benzene rings is 1. The van der Waals surface area contributed by atoms with Crippen LogP contribution in [-0.4, -0.2) is 38.6 Å². The fraction of sp³-hybridized carbons (Fsp3) is 0.263. The number of halogens is 1. The summed E-state index contributed by atoms with van der Waals surface area (Å²) < 4.78 is 14.7. The predicted octanol–water partition coefficient (Wildman–Crippen LogP) is 2.48. The van der Waals surface area contributed by atoms with Crippen molar-refractivity contribution in [2.75, 3.05) is 23.7 Å². The van der Waals surface area contributed by atoms with Crippen molar-refractivity contribution < 1.29 is 9.18 Å². The van der Waals surface area contributed by atoms with Crippen molar-refractivity contribution in [2.24, 2.45) is 5.92 Å². The Hall–Kier alpha value is -3.29. The minimum Gasteiger partial charge on any atom is -0.393 e. The van der Waals surface area contributed by atoms with Gasteiger partial charge in [0, 0.05) is 37.0 Å². The molecule has 0 unspecified atom stereocenters. The number of rotatable bonds is 4. The van der Waals surface area contributed by atoms with E-state index in [-0.39, 0.29) is 17.5 Å². The average molecular weight is 366 g/mol. The standard InChI is InChI=1S/C19H19FN6O/c20-15-4-2-13(3-5-15)17(27)14-6-10-25(11-7-14)18-16(21)19(23-12-22-18)26-9-1-8-24-26/h1-5,8-9,12,14H,6-7,10-11,21H2. The number of nitrogens with two attached hydrogens (primary N) is 1. The third kappa shape index (κ3) is 3.38. The Balaban J connectivity index is 1.47. The lowest BCUT2D eigenvalue weighted by atomic mass is 9.89. The van der Waals surface area contributed by atoms with Gasteiger partial charge >= 0.3 is 0 Å². The molecule has 27 heavy (non-hydrogen) atoms. The molecule has 1 aliphatic heterocycles. The Labute approximate surface area is 155 Å². The molecule has 3 aromatic rings. The smallest absolute Gasteiger partial charge is 0.181 e. The van der Waals surface area contributed by atoms with E-state index in [9.17, 15) is 9.18 Å². The first-order valence-corrected chi connectivity index (χ1v) is 8.78. The average Bonchev–Trinajstić information content (AvgIpc) is 3.23. The van der Waals surface area contributed by atoms with Gasteiger partial charge in [-0.15, -0.1) is 0 Å². The van der Waals surface area contributed by atoms with Crippen molar-refractivity contribution >= 4 is 17.3 Å². The molecule has 2 N–H and O–H groups in total. The molecule has 2 aromatic heterocycles. The van der Waals surface area contributed by atoms with Gasteiger partial charge in [0.1, 0.15) is 17.8 Å². The minimum absolute atomic E-state index is 0.0579. The first-order chi connectivity index (χ1) is 13.1. The molecule has 1 aliphatic rings. The highest BCUT2D eigenvalue weighted by molar-refractivity contribution is 5.98. The first kappa shape index (κ1) is 17.1. The molecule has 8 heteroatoms. The third-order valence-corrected chi connectivity index (χ3v) is 4.86. The van der Waals surface area contributed by atoms with E-state index >= 15 is 0 Å². The molecule has 4 rings (SSSR count). The number of carbonyl (C=O) groups excluding carboxylic acids is 1. The predicted molar refractivity (Wildman–Crippen MR) is 99.2 cm³/mol. The zero-order chi connectivity index (χ0) is 18.8. The van der Waals surface area contributed by atoms with E-state index in [2.05, 4.69) is 20.0 Å². The molecule has 0 amide bonds. The van der Waals surface area contributed by atoms with Crippen LogP contribution in [-0.2, 0) is 0 Å². The van der Waals surface area contributed by atoms with E-state index in [0.717, 1.165) is 0 Å². The van der Waals surface area contributed by atoms with Gasteiger partial charge < -0.3 is 10.6 Å². The molecule has 0 aliphatic carbocycles. The first-order valence-electron chi connectivity index (χ1n) is 8.78. The lowest BCUT2D eigenvalue weighted by Gasteiger charge is -2.32. The summed E-state index contributed by atoms with van der Waals surface area (Å²) in [6.07, 6.45) is 6.29. The number of nitrogens with zero attached hydrogens (tertiary/aromatic N) is 5. The minimum atomic E-state index is -0.339. The molecular formula is C19H19FN6O. The lowest BCUT2D eigenvalue weighted by Crippen LogP contribution is -2.37. The van der Waals surface area contributed by atoms with E-state index in [4.69, 9.17) is 5.73 Å².